The van der Waals surface area contributed by atoms with Crippen LogP contribution in [0.3, 0.4) is 0 Å². The molecule has 0 atom stereocenters. The Kier molecular flexibility index (Phi) is 1.88. The first-order valence-electron chi connectivity index (χ1n) is 4.27. The Balaban J connectivity index is 2.37. The van der Waals surface area contributed by atoms with Crippen LogP contribution < -0.4 is 0 Å². The van der Waals surface area contributed by atoms with Gasteiger partial charge in [-0.15, -0.1) is 0 Å². The largest absolute Gasteiger partial charge is 0.0651 e. The summed E-state index contributed by atoms with van der Waals surface area (Å²) in [4.78, 5) is 0. The molecule has 1 aliphatic rings. The van der Waals surface area contributed by atoms with Crippen molar-refractivity contribution >= 4 is 0 Å². The maximum atomic E-state index is 7.87. The number of hydrogen-bond donors (Lipinski definition) is 0. The SMILES string of the molecule is [2H]C1(CC)CCCCC1. The highest BCUT2D eigenvalue weighted by molar-refractivity contribution is 4.63. The first-order chi connectivity index (χ1) is 4.27. The van der Waals surface area contributed by atoms with Crippen molar-refractivity contribution in [2.75, 3.05) is 0 Å². The van der Waals surface area contributed by atoms with Crippen molar-refractivity contribution in [3.05, 3.63) is 0 Å². The fourth-order valence-electron chi connectivity index (χ4n) is 1.41. The lowest BCUT2D eigenvalue weighted by molar-refractivity contribution is 0.349. The van der Waals surface area contributed by atoms with E-state index in [1.807, 2.05) is 0 Å². The predicted molar refractivity (Wildman–Crippen MR) is 36.9 cm³/mol. The van der Waals surface area contributed by atoms with Gasteiger partial charge in [0, 0.05) is 1.37 Å². The smallest absolute Gasteiger partial charge is 0.0303 e. The molecule has 0 saturated heterocycles. The van der Waals surface area contributed by atoms with E-state index in [2.05, 4.69) is 6.92 Å². The Bertz CT molecular complexity index is 82.6. The highest BCUT2D eigenvalue weighted by Gasteiger charge is 2.09. The molecule has 8 heavy (non-hydrogen) atoms. The summed E-state index contributed by atoms with van der Waals surface area (Å²) in [5, 5.41) is 0. The summed E-state index contributed by atoms with van der Waals surface area (Å²) in [5.41, 5.74) is 0. The molecule has 1 fully saturated rings. The van der Waals surface area contributed by atoms with E-state index in [1.54, 1.807) is 0 Å². The quantitative estimate of drug-likeness (QED) is 0.490. The van der Waals surface area contributed by atoms with Gasteiger partial charge in [0.15, 0.2) is 0 Å². The van der Waals surface area contributed by atoms with Crippen molar-refractivity contribution in [1.29, 1.82) is 0 Å². The fraction of sp³-hybridized carbons (Fsp3) is 1.00. The van der Waals surface area contributed by atoms with Gasteiger partial charge in [0.05, 0.1) is 0 Å². The molecule has 0 nitrogen and oxygen atoms in total. The Morgan fingerprint density at radius 3 is 2.38 bits per heavy atom. The van der Waals surface area contributed by atoms with Gasteiger partial charge >= 0.3 is 0 Å². The molecule has 0 aromatic rings. The van der Waals surface area contributed by atoms with Gasteiger partial charge in [0.1, 0.15) is 0 Å². The lowest BCUT2D eigenvalue weighted by atomic mass is 9.88. The van der Waals surface area contributed by atoms with Crippen LogP contribution in [0, 0.1) is 5.89 Å². The molecule has 0 aliphatic heterocycles. The van der Waals surface area contributed by atoms with E-state index in [-0.39, 0.29) is 5.89 Å². The molecule has 0 heteroatoms. The molecule has 0 amide bonds. The van der Waals surface area contributed by atoms with Crippen LogP contribution in [-0.2, 0) is 0 Å². The van der Waals surface area contributed by atoms with Gasteiger partial charge in [-0.1, -0.05) is 45.4 Å². The summed E-state index contributed by atoms with van der Waals surface area (Å²) in [6, 6.07) is 0. The van der Waals surface area contributed by atoms with Crippen molar-refractivity contribution in [3.8, 4) is 0 Å². The fourth-order valence-corrected chi connectivity index (χ4v) is 1.41. The van der Waals surface area contributed by atoms with Crippen LogP contribution in [0.2, 0.25) is 0 Å². The summed E-state index contributed by atoms with van der Waals surface area (Å²) in [7, 11) is 0. The van der Waals surface area contributed by atoms with Gasteiger partial charge in [-0.2, -0.15) is 0 Å². The molecular formula is C8H16. The Morgan fingerprint density at radius 1 is 1.38 bits per heavy atom. The zero-order valence-electron chi connectivity index (χ0n) is 6.74. The van der Waals surface area contributed by atoms with E-state index in [1.165, 1.54) is 19.3 Å². The van der Waals surface area contributed by atoms with Crippen LogP contribution in [0.5, 0.6) is 0 Å². The van der Waals surface area contributed by atoms with Gasteiger partial charge in [-0.05, 0) is 5.89 Å². The maximum absolute atomic E-state index is 7.87. The predicted octanol–water partition coefficient (Wildman–Crippen LogP) is 2.98. The highest BCUT2D eigenvalue weighted by atomic mass is 14.2. The highest BCUT2D eigenvalue weighted by Crippen LogP contribution is 2.25. The molecule has 0 heterocycles. The molecule has 0 bridgehead atoms. The third kappa shape index (κ3) is 1.50. The average Bonchev–Trinajstić information content (AvgIpc) is 1.90. The van der Waals surface area contributed by atoms with Crippen LogP contribution in [0.25, 0.3) is 0 Å². The second-order valence-corrected chi connectivity index (χ2v) is 2.66. The molecular weight excluding hydrogens is 96.1 g/mol. The van der Waals surface area contributed by atoms with Crippen molar-refractivity contribution in [3.63, 3.8) is 0 Å². The summed E-state index contributed by atoms with van der Waals surface area (Å²) in [5.74, 6) is -0.0295. The zero-order chi connectivity index (χ0) is 6.74. The van der Waals surface area contributed by atoms with Crippen LogP contribution in [0.15, 0.2) is 0 Å². The minimum absolute atomic E-state index is 0.0295. The first-order valence-corrected chi connectivity index (χ1v) is 3.77. The Morgan fingerprint density at radius 2 is 2.00 bits per heavy atom. The van der Waals surface area contributed by atoms with Crippen molar-refractivity contribution in [2.24, 2.45) is 5.89 Å². The van der Waals surface area contributed by atoms with Crippen molar-refractivity contribution < 1.29 is 1.37 Å². The van der Waals surface area contributed by atoms with Crippen molar-refractivity contribution in [1.82, 2.24) is 0 Å². The lowest BCUT2D eigenvalue weighted by Crippen LogP contribution is -2.03. The molecule has 0 radical (unpaired) electrons. The second-order valence-electron chi connectivity index (χ2n) is 2.66. The van der Waals surface area contributed by atoms with Gasteiger partial charge in [0.2, 0.25) is 0 Å². The van der Waals surface area contributed by atoms with E-state index in [4.69, 9.17) is 1.37 Å². The Labute approximate surface area is 53.7 Å². The number of hydrogen-bond acceptors (Lipinski definition) is 0. The molecule has 0 unspecified atom stereocenters. The molecule has 0 N–H and O–H groups in total. The standard InChI is InChI=1S/C8H16/c1-2-8-6-4-3-5-7-8/h8H,2-7H2,1H3/i8D. The minimum Gasteiger partial charge on any atom is -0.0651 e. The molecule has 1 aliphatic carbocycles. The van der Waals surface area contributed by atoms with Crippen LogP contribution in [0.1, 0.15) is 46.8 Å². The Hall–Kier alpha value is 0. The van der Waals surface area contributed by atoms with E-state index in [9.17, 15) is 0 Å². The third-order valence-electron chi connectivity index (χ3n) is 2.06. The maximum Gasteiger partial charge on any atom is 0.0303 e. The minimum atomic E-state index is -0.0295. The van der Waals surface area contributed by atoms with Crippen LogP contribution >= 0.6 is 0 Å². The van der Waals surface area contributed by atoms with E-state index in [0.29, 0.717) is 0 Å². The molecule has 0 aromatic heterocycles. The first kappa shape index (κ1) is 4.84. The van der Waals surface area contributed by atoms with Crippen LogP contribution in [0.4, 0.5) is 0 Å². The van der Waals surface area contributed by atoms with Crippen molar-refractivity contribution in [2.45, 2.75) is 45.4 Å². The monoisotopic (exact) mass is 113 g/mol. The average molecular weight is 113 g/mol. The lowest BCUT2D eigenvalue weighted by Gasteiger charge is -2.18. The summed E-state index contributed by atoms with van der Waals surface area (Å²) >= 11 is 0. The normalized spacial score (nSPS) is 29.4. The molecule has 0 spiro atoms. The van der Waals surface area contributed by atoms with Crippen LogP contribution in [-0.4, -0.2) is 0 Å². The van der Waals surface area contributed by atoms with Gasteiger partial charge in [-0.3, -0.25) is 0 Å². The second kappa shape index (κ2) is 3.11. The zero-order valence-corrected chi connectivity index (χ0v) is 5.74. The molecule has 1 rings (SSSR count). The molecule has 48 valence electrons. The van der Waals surface area contributed by atoms with E-state index >= 15 is 0 Å². The molecule has 1 saturated carbocycles. The van der Waals surface area contributed by atoms with Gasteiger partial charge < -0.3 is 0 Å². The summed E-state index contributed by atoms with van der Waals surface area (Å²) in [6.07, 6.45) is 7.27. The van der Waals surface area contributed by atoms with E-state index < -0.39 is 0 Å². The topological polar surface area (TPSA) is 0 Å². The van der Waals surface area contributed by atoms with Gasteiger partial charge in [-0.25, -0.2) is 0 Å². The van der Waals surface area contributed by atoms with Gasteiger partial charge in [0.25, 0.3) is 0 Å². The molecule has 0 aromatic carbocycles. The summed E-state index contributed by atoms with van der Waals surface area (Å²) in [6.45, 7) is 2.14. The number of rotatable bonds is 1. The third-order valence-corrected chi connectivity index (χ3v) is 2.06. The van der Waals surface area contributed by atoms with E-state index in [0.717, 1.165) is 19.3 Å². The summed E-state index contributed by atoms with van der Waals surface area (Å²) < 4.78 is 7.87.